The number of hydrogen-bond acceptors (Lipinski definition) is 4. The molecule has 6 heteroatoms. The summed E-state index contributed by atoms with van der Waals surface area (Å²) in [6.07, 6.45) is 1.65. The topological polar surface area (TPSA) is 47.0 Å². The third-order valence-corrected chi connectivity index (χ3v) is 5.65. The second kappa shape index (κ2) is 6.85. The van der Waals surface area contributed by atoms with Crippen LogP contribution in [0.1, 0.15) is 22.3 Å². The summed E-state index contributed by atoms with van der Waals surface area (Å²) in [5.74, 6) is -0.291. The number of aromatic hydroxyl groups is 1. The molecule has 1 N–H and O–H groups in total. The predicted molar refractivity (Wildman–Crippen MR) is 104 cm³/mol. The van der Waals surface area contributed by atoms with E-state index in [-0.39, 0.29) is 17.5 Å². The third-order valence-electron chi connectivity index (χ3n) is 5.65. The number of benzene rings is 2. The van der Waals surface area contributed by atoms with Crippen LogP contribution in [-0.4, -0.2) is 55.7 Å². The Bertz CT molecular complexity index is 884. The van der Waals surface area contributed by atoms with Crippen molar-refractivity contribution in [2.24, 2.45) is 0 Å². The lowest BCUT2D eigenvalue weighted by Crippen LogP contribution is -2.37. The lowest BCUT2D eigenvalue weighted by Gasteiger charge is -2.29. The summed E-state index contributed by atoms with van der Waals surface area (Å²) in [4.78, 5) is 18.7. The van der Waals surface area contributed by atoms with Crippen LogP contribution in [0.5, 0.6) is 5.75 Å². The molecule has 5 nitrogen and oxygen atoms in total. The van der Waals surface area contributed by atoms with E-state index in [9.17, 15) is 14.3 Å². The minimum absolute atomic E-state index is 0.155. The molecule has 27 heavy (non-hydrogen) atoms. The van der Waals surface area contributed by atoms with Gasteiger partial charge in [0.25, 0.3) is 5.91 Å². The molecule has 0 spiro atoms. The smallest absolute Gasteiger partial charge is 0.258 e. The Morgan fingerprint density at radius 3 is 2.67 bits per heavy atom. The summed E-state index contributed by atoms with van der Waals surface area (Å²) >= 11 is 0. The summed E-state index contributed by atoms with van der Waals surface area (Å²) in [6, 6.07) is 10.3. The number of carbonyl (C=O) groups is 1. The monoisotopic (exact) mass is 369 g/mol. The predicted octanol–water partition coefficient (Wildman–Crippen LogP) is 2.87. The fourth-order valence-corrected chi connectivity index (χ4v) is 4.02. The van der Waals surface area contributed by atoms with E-state index in [4.69, 9.17) is 0 Å². The normalized spacial score (nSPS) is 19.7. The standard InChI is InChI=1S/C21H24FN3O2/c1-23(2)16-8-9-24(13-16)20-6-3-15(12-19(20)22)25-10-7-14-11-17(26)4-5-18(14)21(25)27/h3-6,11-12,16,26H,7-10,13H2,1-2H3. The van der Waals surface area contributed by atoms with Crippen molar-refractivity contribution in [2.75, 3.05) is 43.5 Å². The van der Waals surface area contributed by atoms with Gasteiger partial charge >= 0.3 is 0 Å². The first kappa shape index (κ1) is 17.8. The SMILES string of the molecule is CN(C)C1CCN(c2ccc(N3CCc4cc(O)ccc4C3=O)cc2F)C1. The van der Waals surface area contributed by atoms with Crippen molar-refractivity contribution in [1.82, 2.24) is 4.90 Å². The maximum absolute atomic E-state index is 14.8. The van der Waals surface area contributed by atoms with Crippen molar-refractivity contribution in [3.05, 3.63) is 53.3 Å². The number of nitrogens with zero attached hydrogens (tertiary/aromatic N) is 3. The lowest BCUT2D eigenvalue weighted by molar-refractivity contribution is 0.0980. The average Bonchev–Trinajstić information content (AvgIpc) is 3.12. The summed E-state index contributed by atoms with van der Waals surface area (Å²) in [6.45, 7) is 2.11. The number of amides is 1. The molecule has 0 radical (unpaired) electrons. The van der Waals surface area contributed by atoms with Crippen LogP contribution < -0.4 is 9.80 Å². The zero-order valence-electron chi connectivity index (χ0n) is 15.7. The number of carbonyl (C=O) groups excluding carboxylic acids is 1. The molecule has 0 saturated carbocycles. The number of rotatable bonds is 3. The number of phenols is 1. The summed E-state index contributed by atoms with van der Waals surface area (Å²) in [5, 5.41) is 9.60. The minimum atomic E-state index is -0.295. The third kappa shape index (κ3) is 3.25. The molecule has 142 valence electrons. The van der Waals surface area contributed by atoms with Crippen molar-refractivity contribution in [3.8, 4) is 5.75 Å². The zero-order valence-corrected chi connectivity index (χ0v) is 15.7. The molecule has 0 aliphatic carbocycles. The van der Waals surface area contributed by atoms with E-state index >= 15 is 0 Å². The molecule has 0 aromatic heterocycles. The van der Waals surface area contributed by atoms with Gasteiger partial charge in [0.2, 0.25) is 0 Å². The van der Waals surface area contributed by atoms with E-state index in [1.54, 1.807) is 23.1 Å². The van der Waals surface area contributed by atoms with Gasteiger partial charge in [-0.1, -0.05) is 0 Å². The molecule has 2 heterocycles. The first-order chi connectivity index (χ1) is 12.9. The number of fused-ring (bicyclic) bond motifs is 1. The summed E-state index contributed by atoms with van der Waals surface area (Å²) < 4.78 is 14.8. The van der Waals surface area contributed by atoms with E-state index in [0.717, 1.165) is 25.1 Å². The Hall–Kier alpha value is -2.60. The number of anilines is 2. The molecule has 0 bridgehead atoms. The molecule has 2 aromatic carbocycles. The van der Waals surface area contributed by atoms with Gasteiger partial charge in [-0.05, 0) is 68.9 Å². The summed E-state index contributed by atoms with van der Waals surface area (Å²) in [5.41, 5.74) is 2.57. The van der Waals surface area contributed by atoms with Gasteiger partial charge in [-0.15, -0.1) is 0 Å². The minimum Gasteiger partial charge on any atom is -0.508 e. The number of hydrogen-bond donors (Lipinski definition) is 1. The van der Waals surface area contributed by atoms with Crippen LogP contribution >= 0.6 is 0 Å². The first-order valence-corrected chi connectivity index (χ1v) is 9.28. The molecule has 1 fully saturated rings. The highest BCUT2D eigenvalue weighted by Gasteiger charge is 2.28. The van der Waals surface area contributed by atoms with Crippen molar-refractivity contribution >= 4 is 17.3 Å². The highest BCUT2D eigenvalue weighted by Crippen LogP contribution is 2.31. The Morgan fingerprint density at radius 2 is 1.96 bits per heavy atom. The largest absolute Gasteiger partial charge is 0.508 e. The van der Waals surface area contributed by atoms with E-state index in [1.165, 1.54) is 12.1 Å². The van der Waals surface area contributed by atoms with Gasteiger partial charge in [-0.25, -0.2) is 4.39 Å². The summed E-state index contributed by atoms with van der Waals surface area (Å²) in [7, 11) is 4.10. The van der Waals surface area contributed by atoms with Crippen LogP contribution in [0.25, 0.3) is 0 Å². The maximum atomic E-state index is 14.8. The number of halogens is 1. The average molecular weight is 369 g/mol. The molecule has 1 unspecified atom stereocenters. The molecule has 1 atom stereocenters. The van der Waals surface area contributed by atoms with Crippen LogP contribution in [0.3, 0.4) is 0 Å². The van der Waals surface area contributed by atoms with E-state index in [0.29, 0.717) is 35.9 Å². The van der Waals surface area contributed by atoms with Crippen LogP contribution in [0, 0.1) is 5.82 Å². The molecule has 1 amide bonds. The van der Waals surface area contributed by atoms with E-state index in [1.807, 2.05) is 20.2 Å². The van der Waals surface area contributed by atoms with Crippen molar-refractivity contribution in [1.29, 1.82) is 0 Å². The fraction of sp³-hybridized carbons (Fsp3) is 0.381. The Labute approximate surface area is 158 Å². The van der Waals surface area contributed by atoms with Crippen molar-refractivity contribution < 1.29 is 14.3 Å². The Kier molecular flexibility index (Phi) is 4.52. The highest BCUT2D eigenvalue weighted by atomic mass is 19.1. The molecule has 2 aromatic rings. The maximum Gasteiger partial charge on any atom is 0.258 e. The number of phenolic OH excluding ortho intramolecular Hbond substituents is 1. The highest BCUT2D eigenvalue weighted by molar-refractivity contribution is 6.08. The van der Waals surface area contributed by atoms with Crippen molar-refractivity contribution in [2.45, 2.75) is 18.9 Å². The van der Waals surface area contributed by atoms with Gasteiger partial charge in [0.1, 0.15) is 11.6 Å². The molecular weight excluding hydrogens is 345 g/mol. The Balaban J connectivity index is 1.56. The van der Waals surface area contributed by atoms with Gasteiger partial charge in [0, 0.05) is 36.9 Å². The van der Waals surface area contributed by atoms with Crippen LogP contribution in [-0.2, 0) is 6.42 Å². The zero-order chi connectivity index (χ0) is 19.1. The van der Waals surface area contributed by atoms with Gasteiger partial charge < -0.3 is 19.8 Å². The molecule has 1 saturated heterocycles. The van der Waals surface area contributed by atoms with Crippen LogP contribution in [0.15, 0.2) is 36.4 Å². The van der Waals surface area contributed by atoms with Crippen LogP contribution in [0.2, 0.25) is 0 Å². The van der Waals surface area contributed by atoms with Gasteiger partial charge in [0.15, 0.2) is 0 Å². The van der Waals surface area contributed by atoms with Crippen LogP contribution in [0.4, 0.5) is 15.8 Å². The molecule has 4 rings (SSSR count). The Morgan fingerprint density at radius 1 is 1.15 bits per heavy atom. The quantitative estimate of drug-likeness (QED) is 0.904. The van der Waals surface area contributed by atoms with E-state index in [2.05, 4.69) is 9.80 Å². The molecular formula is C21H24FN3O2. The number of likely N-dealkylation sites (N-methyl/N-ethyl adjacent to an activating group) is 1. The first-order valence-electron chi connectivity index (χ1n) is 9.28. The van der Waals surface area contributed by atoms with Gasteiger partial charge in [-0.3, -0.25) is 4.79 Å². The van der Waals surface area contributed by atoms with E-state index < -0.39 is 0 Å². The second-order valence-corrected chi connectivity index (χ2v) is 7.54. The molecule has 2 aliphatic rings. The fourth-order valence-electron chi connectivity index (χ4n) is 4.02. The lowest BCUT2D eigenvalue weighted by atomic mass is 9.98. The van der Waals surface area contributed by atoms with Crippen molar-refractivity contribution in [3.63, 3.8) is 0 Å². The molecule has 2 aliphatic heterocycles. The van der Waals surface area contributed by atoms with Gasteiger partial charge in [-0.2, -0.15) is 0 Å². The van der Waals surface area contributed by atoms with Gasteiger partial charge in [0.05, 0.1) is 5.69 Å². The second-order valence-electron chi connectivity index (χ2n) is 7.54.